The Hall–Kier alpha value is -2.94. The minimum absolute atomic E-state index is 0.0431. The third kappa shape index (κ3) is 5.42. The van der Waals surface area contributed by atoms with Crippen LogP contribution in [0.25, 0.3) is 0 Å². The number of likely N-dealkylation sites (N-methyl/N-ethyl adjacent to an activating group) is 1. The van der Waals surface area contributed by atoms with Crippen molar-refractivity contribution >= 4 is 35.9 Å². The minimum atomic E-state index is -1.80. The van der Waals surface area contributed by atoms with Crippen molar-refractivity contribution in [3.05, 3.63) is 39.9 Å². The van der Waals surface area contributed by atoms with Gasteiger partial charge < -0.3 is 25.2 Å². The van der Waals surface area contributed by atoms with Crippen molar-refractivity contribution in [1.29, 1.82) is 0 Å². The van der Waals surface area contributed by atoms with Crippen LogP contribution in [0.3, 0.4) is 0 Å². The van der Waals surface area contributed by atoms with E-state index in [1.807, 2.05) is 18.7 Å². The lowest BCUT2D eigenvalue weighted by molar-refractivity contribution is -0.385. The summed E-state index contributed by atoms with van der Waals surface area (Å²) in [5.41, 5.74) is -4.23. The second-order valence-electron chi connectivity index (χ2n) is 9.70. The van der Waals surface area contributed by atoms with E-state index < -0.39 is 45.8 Å². The Morgan fingerprint density at radius 1 is 1.31 bits per heavy atom. The number of ether oxygens (including phenoxy) is 2. The van der Waals surface area contributed by atoms with E-state index in [1.165, 1.54) is 41.2 Å². The smallest absolute Gasteiger partial charge is 0.414 e. The molecule has 0 aliphatic carbocycles. The van der Waals surface area contributed by atoms with E-state index in [4.69, 9.17) is 14.5 Å². The van der Waals surface area contributed by atoms with Gasteiger partial charge >= 0.3 is 12.1 Å². The normalized spacial score (nSPS) is 27.1. The molecule has 3 N–H and O–H groups in total. The third-order valence-electron chi connectivity index (χ3n) is 6.97. The molecule has 0 saturated carbocycles. The molecule has 0 aromatic heterocycles. The highest BCUT2D eigenvalue weighted by Crippen LogP contribution is 2.53. The summed E-state index contributed by atoms with van der Waals surface area (Å²) in [4.78, 5) is 46.7. The zero-order chi connectivity index (χ0) is 29.0. The molecule has 14 heteroatoms. The van der Waals surface area contributed by atoms with Crippen LogP contribution in [-0.2, 0) is 19.9 Å². The molecule has 5 unspecified atom stereocenters. The van der Waals surface area contributed by atoms with Crippen LogP contribution in [-0.4, -0.2) is 100 Å². The highest BCUT2D eigenvalue weighted by molar-refractivity contribution is 7.99. The van der Waals surface area contributed by atoms with E-state index in [0.29, 0.717) is 6.54 Å². The number of nitro groups is 1. The van der Waals surface area contributed by atoms with Crippen molar-refractivity contribution < 1.29 is 29.1 Å². The number of carbonyl (C=O) groups is 2. The Bertz CT molecular complexity index is 1090. The fraction of sp³-hybridized carbons (Fsp3) is 0.640. The Kier molecular flexibility index (Phi) is 9.80. The zero-order valence-electron chi connectivity index (χ0n) is 23.1. The molecule has 1 aromatic rings. The number of rotatable bonds is 11. The molecule has 39 heavy (non-hydrogen) atoms. The zero-order valence-corrected chi connectivity index (χ0v) is 23.9. The van der Waals surface area contributed by atoms with Crippen LogP contribution in [0.1, 0.15) is 40.2 Å². The summed E-state index contributed by atoms with van der Waals surface area (Å²) in [5.74, 6) is -0.432. The van der Waals surface area contributed by atoms with Gasteiger partial charge in [-0.2, -0.15) is 0 Å². The minimum Gasteiger partial charge on any atom is -0.464 e. The molecule has 0 bridgehead atoms. The van der Waals surface area contributed by atoms with Gasteiger partial charge in [0.1, 0.15) is 5.50 Å². The van der Waals surface area contributed by atoms with Gasteiger partial charge in [-0.1, -0.05) is 26.0 Å². The molecule has 0 spiro atoms. The quantitative estimate of drug-likeness (QED) is 0.204. The number of amides is 1. The van der Waals surface area contributed by atoms with Crippen LogP contribution >= 0.6 is 11.8 Å². The number of nitrogens with one attached hydrogen (secondary N) is 2. The molecule has 216 valence electrons. The molecule has 2 aliphatic heterocycles. The highest BCUT2D eigenvalue weighted by atomic mass is 32.2. The molecule has 2 aliphatic rings. The Labute approximate surface area is 232 Å². The summed E-state index contributed by atoms with van der Waals surface area (Å²) in [6, 6.07) is 5.27. The van der Waals surface area contributed by atoms with Crippen molar-refractivity contribution in [1.82, 2.24) is 20.4 Å². The van der Waals surface area contributed by atoms with Gasteiger partial charge in [0.2, 0.25) is 11.2 Å². The van der Waals surface area contributed by atoms with E-state index in [-0.39, 0.29) is 36.3 Å². The molecular formula is C25H38N6O7S. The number of thioether (sulfide) groups is 1. The standard InChI is InChI=1S/C25H38N6O7S/c1-7-37-21(33)24-17(5)29(6)22(39-14-20(32)13-26-16(3)4)30(23(34)38-8-2)25(24,28-15-27-24)18-10-9-11-19(12-18)31(35)36/h9-12,15-17,20,22,26,32H,7-8,13-14H2,1-6H3,(H,27,28). The first-order chi connectivity index (χ1) is 18.5. The lowest BCUT2D eigenvalue weighted by atomic mass is 9.72. The summed E-state index contributed by atoms with van der Waals surface area (Å²) in [6.45, 7) is 9.54. The van der Waals surface area contributed by atoms with Gasteiger partial charge in [-0.15, -0.1) is 11.8 Å². The Morgan fingerprint density at radius 3 is 2.62 bits per heavy atom. The number of aliphatic hydroxyl groups is 1. The number of nitro benzene ring substituents is 1. The molecule has 1 aromatic carbocycles. The number of non-ortho nitro benzene ring substituents is 1. The number of benzene rings is 1. The number of carbonyl (C=O) groups excluding carboxylic acids is 2. The average Bonchev–Trinajstić information content (AvgIpc) is 3.31. The Balaban J connectivity index is 2.24. The van der Waals surface area contributed by atoms with Crippen molar-refractivity contribution in [2.24, 2.45) is 4.99 Å². The van der Waals surface area contributed by atoms with Crippen LogP contribution in [0, 0.1) is 10.1 Å². The summed E-state index contributed by atoms with van der Waals surface area (Å²) in [6.07, 6.45) is -0.175. The molecule has 5 atom stereocenters. The van der Waals surface area contributed by atoms with Crippen molar-refractivity contribution in [2.45, 2.75) is 69.5 Å². The Morgan fingerprint density at radius 2 is 2.00 bits per heavy atom. The van der Waals surface area contributed by atoms with Crippen molar-refractivity contribution in [2.75, 3.05) is 32.6 Å². The number of fused-ring (bicyclic) bond motifs is 1. The predicted molar refractivity (Wildman–Crippen MR) is 147 cm³/mol. The molecule has 1 saturated heterocycles. The van der Waals surface area contributed by atoms with Crippen LogP contribution in [0.5, 0.6) is 0 Å². The number of hydrogen-bond donors (Lipinski definition) is 3. The van der Waals surface area contributed by atoms with E-state index in [2.05, 4.69) is 10.6 Å². The maximum Gasteiger partial charge on any atom is 0.414 e. The maximum absolute atomic E-state index is 13.8. The lowest BCUT2D eigenvalue weighted by Gasteiger charge is -2.60. The van der Waals surface area contributed by atoms with Crippen LogP contribution in [0.4, 0.5) is 10.5 Å². The highest BCUT2D eigenvalue weighted by Gasteiger charge is 2.74. The second-order valence-corrected chi connectivity index (χ2v) is 10.8. The molecule has 3 rings (SSSR count). The van der Waals surface area contributed by atoms with E-state index in [9.17, 15) is 24.8 Å². The monoisotopic (exact) mass is 566 g/mol. The lowest BCUT2D eigenvalue weighted by Crippen LogP contribution is -2.82. The van der Waals surface area contributed by atoms with Crippen LogP contribution < -0.4 is 10.6 Å². The topological polar surface area (TPSA) is 159 Å². The number of aliphatic imine (C=N–C) groups is 1. The van der Waals surface area contributed by atoms with Gasteiger partial charge in [-0.25, -0.2) is 14.6 Å². The summed E-state index contributed by atoms with van der Waals surface area (Å²) < 4.78 is 11.0. The van der Waals surface area contributed by atoms with Gasteiger partial charge in [0, 0.05) is 42.1 Å². The number of nitrogens with zero attached hydrogens (tertiary/aromatic N) is 4. The predicted octanol–water partition coefficient (Wildman–Crippen LogP) is 1.85. The van der Waals surface area contributed by atoms with Crippen molar-refractivity contribution in [3.8, 4) is 0 Å². The molecule has 13 nitrogen and oxygen atoms in total. The molecule has 0 radical (unpaired) electrons. The fourth-order valence-corrected chi connectivity index (χ4v) is 6.38. The second kappa shape index (κ2) is 12.5. The van der Waals surface area contributed by atoms with Gasteiger partial charge in [0.25, 0.3) is 5.69 Å². The first kappa shape index (κ1) is 30.6. The molecule has 1 amide bonds. The summed E-state index contributed by atoms with van der Waals surface area (Å²) in [7, 11) is 1.76. The van der Waals surface area contributed by atoms with Gasteiger partial charge in [0.15, 0.2) is 0 Å². The van der Waals surface area contributed by atoms with E-state index >= 15 is 0 Å². The number of esters is 1. The first-order valence-corrected chi connectivity index (χ1v) is 14.0. The van der Waals surface area contributed by atoms with Gasteiger partial charge in [-0.05, 0) is 27.8 Å². The van der Waals surface area contributed by atoms with Crippen LogP contribution in [0.15, 0.2) is 29.3 Å². The van der Waals surface area contributed by atoms with E-state index in [1.54, 1.807) is 33.9 Å². The van der Waals surface area contributed by atoms with Crippen LogP contribution in [0.2, 0.25) is 0 Å². The molecule has 2 heterocycles. The number of aliphatic hydroxyl groups excluding tert-OH is 1. The largest absolute Gasteiger partial charge is 0.464 e. The first-order valence-electron chi connectivity index (χ1n) is 12.9. The summed E-state index contributed by atoms with van der Waals surface area (Å²) in [5, 5.41) is 28.7. The summed E-state index contributed by atoms with van der Waals surface area (Å²) >= 11 is 1.28. The number of hydrogen-bond acceptors (Lipinski definition) is 12. The average molecular weight is 567 g/mol. The fourth-order valence-electron chi connectivity index (χ4n) is 5.06. The van der Waals surface area contributed by atoms with Gasteiger partial charge in [-0.3, -0.25) is 19.9 Å². The SMILES string of the molecule is CCOC(=O)N1C(SCC(O)CNC(C)C)N(C)C(C)C2(C(=O)OCC)NC=NC12c1cccc([N+](=O)[O-])c1. The molecular weight excluding hydrogens is 528 g/mol. The maximum atomic E-state index is 13.8. The van der Waals surface area contributed by atoms with Gasteiger partial charge in [0.05, 0.1) is 30.6 Å². The van der Waals surface area contributed by atoms with Crippen molar-refractivity contribution in [3.63, 3.8) is 0 Å². The van der Waals surface area contributed by atoms with E-state index in [0.717, 1.165) is 0 Å². The third-order valence-corrected chi connectivity index (χ3v) is 8.39. The molecule has 1 fully saturated rings.